The summed E-state index contributed by atoms with van der Waals surface area (Å²) < 4.78 is 12.7. The molecule has 220 valence electrons. The van der Waals surface area contributed by atoms with Gasteiger partial charge in [0.25, 0.3) is 0 Å². The molecule has 3 heterocycles. The molecule has 6 rings (SSSR count). The Morgan fingerprint density at radius 1 is 0.884 bits per heavy atom. The SMILES string of the molecule is COc1ccc(NC(=O)N2CCCN(c3nc(Cc4ccccc4)nc4c3c(C)nn4-c3ccccc3)CC2)c(OC)c1. The standard InChI is InChI=1S/C33H35N7O3/c1-23-30-31(38-17-10-18-39(20-19-38)33(41)34-27-16-15-26(42-2)22-28(27)43-3)35-29(21-24-11-6-4-7-12-24)36-32(30)40(37-23)25-13-8-5-9-14-25/h4-9,11-16,22H,10,17-21H2,1-3H3,(H,34,41). The fourth-order valence-electron chi connectivity index (χ4n) is 5.47. The van der Waals surface area contributed by atoms with Crippen LogP contribution >= 0.6 is 0 Å². The Balaban J connectivity index is 1.30. The van der Waals surface area contributed by atoms with Gasteiger partial charge in [-0.25, -0.2) is 19.4 Å². The summed E-state index contributed by atoms with van der Waals surface area (Å²) in [6.45, 7) is 4.54. The van der Waals surface area contributed by atoms with Crippen LogP contribution in [-0.2, 0) is 6.42 Å². The van der Waals surface area contributed by atoms with Crippen LogP contribution in [0.5, 0.6) is 11.5 Å². The van der Waals surface area contributed by atoms with Gasteiger partial charge in [-0.2, -0.15) is 5.10 Å². The van der Waals surface area contributed by atoms with Crippen LogP contribution in [0.15, 0.2) is 78.9 Å². The molecule has 1 fully saturated rings. The summed E-state index contributed by atoms with van der Waals surface area (Å²) in [5, 5.41) is 8.84. The van der Waals surface area contributed by atoms with Crippen molar-refractivity contribution in [1.29, 1.82) is 0 Å². The number of carbonyl (C=O) groups is 1. The zero-order valence-electron chi connectivity index (χ0n) is 24.7. The molecule has 2 amide bonds. The lowest BCUT2D eigenvalue weighted by Crippen LogP contribution is -2.38. The lowest BCUT2D eigenvalue weighted by atomic mass is 10.1. The number of anilines is 2. The van der Waals surface area contributed by atoms with E-state index in [1.165, 1.54) is 0 Å². The van der Waals surface area contributed by atoms with E-state index in [9.17, 15) is 4.79 Å². The summed E-state index contributed by atoms with van der Waals surface area (Å²) in [7, 11) is 3.17. The van der Waals surface area contributed by atoms with Crippen molar-refractivity contribution in [3.8, 4) is 17.2 Å². The van der Waals surface area contributed by atoms with Gasteiger partial charge in [0.2, 0.25) is 0 Å². The molecule has 10 heteroatoms. The first-order valence-electron chi connectivity index (χ1n) is 14.4. The lowest BCUT2D eigenvalue weighted by Gasteiger charge is -2.24. The molecule has 1 N–H and O–H groups in total. The smallest absolute Gasteiger partial charge is 0.322 e. The minimum absolute atomic E-state index is 0.170. The van der Waals surface area contributed by atoms with Crippen LogP contribution < -0.4 is 19.7 Å². The molecule has 1 aliphatic rings. The molecular weight excluding hydrogens is 542 g/mol. The van der Waals surface area contributed by atoms with Crippen LogP contribution in [0.2, 0.25) is 0 Å². The Bertz CT molecular complexity index is 1720. The van der Waals surface area contributed by atoms with Gasteiger partial charge < -0.3 is 24.6 Å². The molecule has 10 nitrogen and oxygen atoms in total. The second-order valence-electron chi connectivity index (χ2n) is 10.5. The number of aryl methyl sites for hydroxylation is 1. The number of nitrogens with one attached hydrogen (secondary N) is 1. The Morgan fingerprint density at radius 2 is 1.65 bits per heavy atom. The molecule has 2 aromatic heterocycles. The molecule has 0 aliphatic carbocycles. The van der Waals surface area contributed by atoms with E-state index < -0.39 is 0 Å². The highest BCUT2D eigenvalue weighted by Crippen LogP contribution is 2.31. The highest BCUT2D eigenvalue weighted by Gasteiger charge is 2.25. The maximum atomic E-state index is 13.3. The summed E-state index contributed by atoms with van der Waals surface area (Å²) in [6.07, 6.45) is 1.40. The van der Waals surface area contributed by atoms with E-state index in [0.29, 0.717) is 43.2 Å². The summed E-state index contributed by atoms with van der Waals surface area (Å²) in [6, 6.07) is 25.5. The van der Waals surface area contributed by atoms with Crippen LogP contribution in [0.25, 0.3) is 16.7 Å². The number of carbonyl (C=O) groups excluding carboxylic acids is 1. The van der Waals surface area contributed by atoms with Crippen molar-refractivity contribution >= 4 is 28.6 Å². The predicted molar refractivity (Wildman–Crippen MR) is 168 cm³/mol. The fraction of sp³-hybridized carbons (Fsp3) is 0.273. The van der Waals surface area contributed by atoms with Crippen molar-refractivity contribution in [2.75, 3.05) is 50.6 Å². The molecule has 0 spiro atoms. The van der Waals surface area contributed by atoms with Crippen LogP contribution in [0, 0.1) is 6.92 Å². The normalized spacial score (nSPS) is 13.6. The van der Waals surface area contributed by atoms with Gasteiger partial charge in [0.15, 0.2) is 5.65 Å². The number of fused-ring (bicyclic) bond motifs is 1. The first kappa shape index (κ1) is 28.0. The van der Waals surface area contributed by atoms with Crippen LogP contribution in [0.3, 0.4) is 0 Å². The van der Waals surface area contributed by atoms with Gasteiger partial charge >= 0.3 is 6.03 Å². The number of hydrogen-bond acceptors (Lipinski definition) is 7. The van der Waals surface area contributed by atoms with E-state index in [2.05, 4.69) is 22.3 Å². The number of rotatable bonds is 7. The third kappa shape index (κ3) is 5.94. The Hall–Kier alpha value is -5.12. The molecule has 5 aromatic rings. The van der Waals surface area contributed by atoms with Crippen LogP contribution in [0.1, 0.15) is 23.5 Å². The number of para-hydroxylation sites is 1. The van der Waals surface area contributed by atoms with Crippen molar-refractivity contribution in [1.82, 2.24) is 24.6 Å². The summed E-state index contributed by atoms with van der Waals surface area (Å²) in [5.41, 5.74) is 4.34. The topological polar surface area (TPSA) is 97.6 Å². The van der Waals surface area contributed by atoms with Crippen molar-refractivity contribution in [2.45, 2.75) is 19.8 Å². The molecule has 0 unspecified atom stereocenters. The maximum Gasteiger partial charge on any atom is 0.322 e. The highest BCUT2D eigenvalue weighted by atomic mass is 16.5. The first-order chi connectivity index (χ1) is 21.0. The fourth-order valence-corrected chi connectivity index (χ4v) is 5.47. The van der Waals surface area contributed by atoms with Gasteiger partial charge in [0.05, 0.1) is 36.7 Å². The molecular formula is C33H35N7O3. The van der Waals surface area contributed by atoms with Gasteiger partial charge in [0.1, 0.15) is 23.1 Å². The third-order valence-electron chi connectivity index (χ3n) is 7.67. The van der Waals surface area contributed by atoms with Crippen molar-refractivity contribution < 1.29 is 14.3 Å². The predicted octanol–water partition coefficient (Wildman–Crippen LogP) is 5.48. The number of methoxy groups -OCH3 is 2. The van der Waals surface area contributed by atoms with E-state index >= 15 is 0 Å². The monoisotopic (exact) mass is 577 g/mol. The van der Waals surface area contributed by atoms with Gasteiger partial charge in [-0.15, -0.1) is 0 Å². The maximum absolute atomic E-state index is 13.3. The molecule has 1 aliphatic heterocycles. The molecule has 43 heavy (non-hydrogen) atoms. The van der Waals surface area contributed by atoms with Crippen molar-refractivity contribution in [3.63, 3.8) is 0 Å². The minimum atomic E-state index is -0.170. The van der Waals surface area contributed by atoms with E-state index in [1.54, 1.807) is 32.4 Å². The average Bonchev–Trinajstić information content (AvgIpc) is 3.20. The Kier molecular flexibility index (Phi) is 8.08. The highest BCUT2D eigenvalue weighted by molar-refractivity contribution is 5.92. The van der Waals surface area contributed by atoms with Crippen LogP contribution in [-0.4, -0.2) is 71.1 Å². The van der Waals surface area contributed by atoms with Gasteiger partial charge in [0, 0.05) is 38.7 Å². The second kappa shape index (κ2) is 12.4. The van der Waals surface area contributed by atoms with Gasteiger partial charge in [-0.3, -0.25) is 0 Å². The second-order valence-corrected chi connectivity index (χ2v) is 10.5. The van der Waals surface area contributed by atoms with E-state index in [0.717, 1.165) is 52.6 Å². The summed E-state index contributed by atoms with van der Waals surface area (Å²) >= 11 is 0. The van der Waals surface area contributed by atoms with Gasteiger partial charge in [-0.05, 0) is 43.2 Å². The molecule has 1 saturated heterocycles. The first-order valence-corrected chi connectivity index (χ1v) is 14.4. The molecule has 0 saturated carbocycles. The number of benzene rings is 3. The number of nitrogens with zero attached hydrogens (tertiary/aromatic N) is 6. The van der Waals surface area contributed by atoms with Crippen molar-refractivity contribution in [2.24, 2.45) is 0 Å². The number of hydrogen-bond donors (Lipinski definition) is 1. The quantitative estimate of drug-likeness (QED) is 0.274. The van der Waals surface area contributed by atoms with E-state index in [-0.39, 0.29) is 6.03 Å². The Labute approximate surface area is 250 Å². The summed E-state index contributed by atoms with van der Waals surface area (Å²) in [5.74, 6) is 2.80. The van der Waals surface area contributed by atoms with Crippen molar-refractivity contribution in [3.05, 3.63) is 95.9 Å². The molecule has 0 atom stereocenters. The Morgan fingerprint density at radius 3 is 2.40 bits per heavy atom. The molecule has 0 bridgehead atoms. The van der Waals surface area contributed by atoms with E-state index in [4.69, 9.17) is 24.5 Å². The van der Waals surface area contributed by atoms with Crippen LogP contribution in [0.4, 0.5) is 16.3 Å². The summed E-state index contributed by atoms with van der Waals surface area (Å²) in [4.78, 5) is 27.6. The third-order valence-corrected chi connectivity index (χ3v) is 7.67. The number of aromatic nitrogens is 4. The van der Waals surface area contributed by atoms with Gasteiger partial charge in [-0.1, -0.05) is 48.5 Å². The zero-order chi connectivity index (χ0) is 29.8. The minimum Gasteiger partial charge on any atom is -0.497 e. The molecule has 3 aromatic carbocycles. The lowest BCUT2D eigenvalue weighted by molar-refractivity contribution is 0.215. The molecule has 0 radical (unpaired) electrons. The number of urea groups is 1. The zero-order valence-corrected chi connectivity index (χ0v) is 24.7. The largest absolute Gasteiger partial charge is 0.497 e. The average molecular weight is 578 g/mol. The number of ether oxygens (including phenoxy) is 2. The number of amides is 2. The van der Waals surface area contributed by atoms with E-state index in [1.807, 2.05) is 65.0 Å².